The molecule has 0 bridgehead atoms. The molecule has 0 unspecified atom stereocenters. The SMILES string of the molecule is COc1ccc(OC)c(N2C(SCC(=O)Nc3cc(C)ccc3C)=N[C@@H]3CS(=O)(=O)C[C@H]32)c1. The van der Waals surface area contributed by atoms with Crippen molar-refractivity contribution in [3.05, 3.63) is 47.5 Å². The number of fused-ring (bicyclic) bond motifs is 1. The number of nitrogens with zero attached hydrogens (tertiary/aromatic N) is 2. The van der Waals surface area contributed by atoms with Crippen LogP contribution in [0.15, 0.2) is 41.4 Å². The highest BCUT2D eigenvalue weighted by molar-refractivity contribution is 8.14. The molecule has 0 aliphatic carbocycles. The summed E-state index contributed by atoms with van der Waals surface area (Å²) in [5.74, 6) is 1.18. The number of aliphatic imine (C=N–C) groups is 1. The number of sulfone groups is 1. The smallest absolute Gasteiger partial charge is 0.234 e. The van der Waals surface area contributed by atoms with Gasteiger partial charge in [-0.15, -0.1) is 0 Å². The Labute approximate surface area is 198 Å². The molecule has 2 aliphatic rings. The summed E-state index contributed by atoms with van der Waals surface area (Å²) in [5.41, 5.74) is 3.50. The number of thioether (sulfide) groups is 1. The summed E-state index contributed by atoms with van der Waals surface area (Å²) in [6.45, 7) is 3.92. The van der Waals surface area contributed by atoms with Crippen LogP contribution in [0.5, 0.6) is 11.5 Å². The number of methoxy groups -OCH3 is 2. The van der Waals surface area contributed by atoms with Gasteiger partial charge >= 0.3 is 0 Å². The van der Waals surface area contributed by atoms with Crippen molar-refractivity contribution in [3.63, 3.8) is 0 Å². The van der Waals surface area contributed by atoms with E-state index in [4.69, 9.17) is 14.5 Å². The van der Waals surface area contributed by atoms with Crippen molar-refractivity contribution in [1.82, 2.24) is 0 Å². The Morgan fingerprint density at radius 1 is 1.15 bits per heavy atom. The van der Waals surface area contributed by atoms with Crippen molar-refractivity contribution in [3.8, 4) is 11.5 Å². The van der Waals surface area contributed by atoms with Crippen LogP contribution in [0.25, 0.3) is 0 Å². The molecule has 2 aromatic rings. The van der Waals surface area contributed by atoms with E-state index in [-0.39, 0.29) is 35.2 Å². The average Bonchev–Trinajstić information content (AvgIpc) is 3.25. The van der Waals surface area contributed by atoms with Crippen molar-refractivity contribution >= 4 is 44.0 Å². The molecule has 0 spiro atoms. The topological polar surface area (TPSA) is 97.3 Å². The number of carbonyl (C=O) groups excluding carboxylic acids is 1. The van der Waals surface area contributed by atoms with Gasteiger partial charge in [-0.3, -0.25) is 9.79 Å². The van der Waals surface area contributed by atoms with Gasteiger partial charge < -0.3 is 19.7 Å². The van der Waals surface area contributed by atoms with Crippen LogP contribution in [0.1, 0.15) is 11.1 Å². The molecule has 4 rings (SSSR count). The molecule has 2 atom stereocenters. The van der Waals surface area contributed by atoms with Gasteiger partial charge in [-0.25, -0.2) is 8.42 Å². The Balaban J connectivity index is 1.58. The molecule has 1 N–H and O–H groups in total. The van der Waals surface area contributed by atoms with E-state index in [0.717, 1.165) is 16.8 Å². The predicted molar refractivity (Wildman–Crippen MR) is 133 cm³/mol. The van der Waals surface area contributed by atoms with Crippen LogP contribution in [0.4, 0.5) is 11.4 Å². The van der Waals surface area contributed by atoms with Gasteiger partial charge in [-0.2, -0.15) is 0 Å². The summed E-state index contributed by atoms with van der Waals surface area (Å²) in [6, 6.07) is 10.5. The van der Waals surface area contributed by atoms with Crippen LogP contribution < -0.4 is 19.7 Å². The molecule has 2 aliphatic heterocycles. The molecule has 0 saturated carbocycles. The van der Waals surface area contributed by atoms with E-state index in [0.29, 0.717) is 22.4 Å². The third-order valence-corrected chi connectivity index (χ3v) is 8.42. The van der Waals surface area contributed by atoms with Crippen LogP contribution >= 0.6 is 11.8 Å². The number of nitrogens with one attached hydrogen (secondary N) is 1. The summed E-state index contributed by atoms with van der Waals surface area (Å²) in [4.78, 5) is 19.3. The maximum Gasteiger partial charge on any atom is 0.234 e. The van der Waals surface area contributed by atoms with Gasteiger partial charge in [0.25, 0.3) is 0 Å². The van der Waals surface area contributed by atoms with Crippen LogP contribution in [-0.4, -0.2) is 63.1 Å². The molecule has 1 amide bonds. The highest BCUT2D eigenvalue weighted by Gasteiger charge is 2.48. The number of carbonyl (C=O) groups is 1. The lowest BCUT2D eigenvalue weighted by Gasteiger charge is -2.28. The van der Waals surface area contributed by atoms with Crippen LogP contribution in [-0.2, 0) is 14.6 Å². The van der Waals surface area contributed by atoms with Crippen molar-refractivity contribution in [2.24, 2.45) is 4.99 Å². The van der Waals surface area contributed by atoms with Crippen molar-refractivity contribution in [2.45, 2.75) is 25.9 Å². The zero-order valence-corrected chi connectivity index (χ0v) is 20.6. The first-order chi connectivity index (χ1) is 15.7. The Morgan fingerprint density at radius 3 is 2.67 bits per heavy atom. The molecule has 33 heavy (non-hydrogen) atoms. The molecular weight excluding hydrogens is 462 g/mol. The Hall–Kier alpha value is -2.72. The molecule has 10 heteroatoms. The molecule has 0 aromatic heterocycles. The lowest BCUT2D eigenvalue weighted by molar-refractivity contribution is -0.113. The molecule has 2 aromatic carbocycles. The van der Waals surface area contributed by atoms with Crippen molar-refractivity contribution in [2.75, 3.05) is 41.7 Å². The number of aryl methyl sites for hydroxylation is 2. The van der Waals surface area contributed by atoms with Gasteiger partial charge in [0.05, 0.1) is 49.2 Å². The van der Waals surface area contributed by atoms with Crippen molar-refractivity contribution < 1.29 is 22.7 Å². The van der Waals surface area contributed by atoms with Crippen molar-refractivity contribution in [1.29, 1.82) is 0 Å². The number of hydrogen-bond acceptors (Lipinski definition) is 8. The minimum atomic E-state index is -3.20. The van der Waals surface area contributed by atoms with E-state index in [1.54, 1.807) is 32.4 Å². The van der Waals surface area contributed by atoms with Gasteiger partial charge in [-0.1, -0.05) is 23.9 Å². The lowest BCUT2D eigenvalue weighted by atomic mass is 10.1. The molecule has 8 nitrogen and oxygen atoms in total. The summed E-state index contributed by atoms with van der Waals surface area (Å²) in [7, 11) is -0.0647. The summed E-state index contributed by atoms with van der Waals surface area (Å²) in [6.07, 6.45) is 0. The average molecular weight is 490 g/mol. The van der Waals surface area contributed by atoms with E-state index in [9.17, 15) is 13.2 Å². The summed E-state index contributed by atoms with van der Waals surface area (Å²) < 4.78 is 35.5. The van der Waals surface area contributed by atoms with Gasteiger partial charge in [-0.05, 0) is 43.2 Å². The fourth-order valence-electron chi connectivity index (χ4n) is 4.09. The Kier molecular flexibility index (Phi) is 6.58. The third kappa shape index (κ3) is 4.96. The molecule has 0 radical (unpaired) electrons. The monoisotopic (exact) mass is 489 g/mol. The molecule has 176 valence electrons. The van der Waals surface area contributed by atoms with Gasteiger partial charge in [0.15, 0.2) is 15.0 Å². The number of ether oxygens (including phenoxy) is 2. The summed E-state index contributed by atoms with van der Waals surface area (Å²) in [5, 5.41) is 3.56. The molecule has 2 heterocycles. The number of hydrogen-bond donors (Lipinski definition) is 1. The first-order valence-electron chi connectivity index (χ1n) is 10.5. The van der Waals surface area contributed by atoms with E-state index >= 15 is 0 Å². The van der Waals surface area contributed by atoms with Crippen LogP contribution in [0.2, 0.25) is 0 Å². The van der Waals surface area contributed by atoms with Gasteiger partial charge in [0, 0.05) is 11.8 Å². The first kappa shape index (κ1) is 23.4. The fourth-order valence-corrected chi connectivity index (χ4v) is 6.85. The molecule has 1 saturated heterocycles. The minimum absolute atomic E-state index is 0.000272. The maximum atomic E-state index is 12.7. The van der Waals surface area contributed by atoms with E-state index in [2.05, 4.69) is 5.32 Å². The number of amidine groups is 1. The summed E-state index contributed by atoms with van der Waals surface area (Å²) >= 11 is 1.29. The Morgan fingerprint density at radius 2 is 1.94 bits per heavy atom. The normalized spacial score (nSPS) is 20.8. The highest BCUT2D eigenvalue weighted by atomic mass is 32.2. The van der Waals surface area contributed by atoms with E-state index in [1.807, 2.05) is 36.9 Å². The molecular formula is C23H27N3O5S2. The van der Waals surface area contributed by atoms with Crippen LogP contribution in [0, 0.1) is 13.8 Å². The zero-order valence-electron chi connectivity index (χ0n) is 19.0. The van der Waals surface area contributed by atoms with Crippen LogP contribution in [0.3, 0.4) is 0 Å². The van der Waals surface area contributed by atoms with Gasteiger partial charge in [0.1, 0.15) is 11.5 Å². The predicted octanol–water partition coefficient (Wildman–Crippen LogP) is 3.03. The second-order valence-electron chi connectivity index (χ2n) is 8.19. The highest BCUT2D eigenvalue weighted by Crippen LogP contribution is 2.41. The van der Waals surface area contributed by atoms with E-state index in [1.165, 1.54) is 11.8 Å². The quantitative estimate of drug-likeness (QED) is 0.666. The standard InChI is InChI=1S/C23H27N3O5S2/c1-14-5-6-15(2)17(9-14)24-22(27)11-32-23-25-18-12-33(28,29)13-20(18)26(23)19-10-16(30-3)7-8-21(19)31-4/h5-10,18,20H,11-13H2,1-4H3,(H,24,27)/t18-,20-/m1/s1. The van der Waals surface area contributed by atoms with E-state index < -0.39 is 9.84 Å². The number of anilines is 2. The maximum absolute atomic E-state index is 12.7. The zero-order chi connectivity index (χ0) is 23.8. The van der Waals surface area contributed by atoms with Gasteiger partial charge in [0.2, 0.25) is 5.91 Å². The number of benzene rings is 2. The minimum Gasteiger partial charge on any atom is -0.497 e. The fraction of sp³-hybridized carbons (Fsp3) is 0.391. The second kappa shape index (κ2) is 9.26. The number of rotatable bonds is 6. The first-order valence-corrected chi connectivity index (χ1v) is 13.3. The Bertz CT molecular complexity index is 1210. The number of amides is 1. The lowest BCUT2D eigenvalue weighted by Crippen LogP contribution is -2.39. The third-order valence-electron chi connectivity index (χ3n) is 5.75. The second-order valence-corrected chi connectivity index (χ2v) is 11.3. The largest absolute Gasteiger partial charge is 0.497 e. The molecule has 1 fully saturated rings.